The summed E-state index contributed by atoms with van der Waals surface area (Å²) in [4.78, 5) is 14.3. The van der Waals surface area contributed by atoms with Crippen molar-refractivity contribution in [1.82, 2.24) is 5.32 Å². The van der Waals surface area contributed by atoms with Crippen LogP contribution in [-0.2, 0) is 37.0 Å². The Morgan fingerprint density at radius 2 is 1.86 bits per heavy atom. The van der Waals surface area contributed by atoms with Gasteiger partial charge in [0.05, 0.1) is 44.8 Å². The van der Waals surface area contributed by atoms with E-state index in [4.69, 9.17) is 29.4 Å². The molecule has 2 heterocycles. The van der Waals surface area contributed by atoms with Crippen molar-refractivity contribution in [2.75, 3.05) is 65.2 Å². The second-order valence-corrected chi connectivity index (χ2v) is 11.3. The summed E-state index contributed by atoms with van der Waals surface area (Å²) >= 11 is 0. The third-order valence-corrected chi connectivity index (χ3v) is 8.39. The minimum absolute atomic E-state index is 0.0104. The highest BCUT2D eigenvalue weighted by Crippen LogP contribution is 2.35. The van der Waals surface area contributed by atoms with Gasteiger partial charge in [0.1, 0.15) is 12.4 Å². The van der Waals surface area contributed by atoms with Gasteiger partial charge in [0.15, 0.2) is 0 Å². The standard InChI is InChI=1S/C33H49N3O6/c1-4-26(33(34)37)19-28-20-29(27-9-6-24(7-10-27)22-40-17-16-39-3)32(21-35-28)42-23-25-8-11-31-30(18-25)36(13-15-41-31)12-5-14-38-2/h6-11,18,26,28-29,32,35H,4-5,12-17,19-23H2,1-3H3,(H2,34,37)/t26-,28+,29-,32+/m1/s1. The maximum atomic E-state index is 12.0. The average Bonchev–Trinajstić information content (AvgIpc) is 3.01. The number of primary amides is 1. The zero-order valence-corrected chi connectivity index (χ0v) is 25.5. The first-order chi connectivity index (χ1) is 20.5. The van der Waals surface area contributed by atoms with Gasteiger partial charge in [0.2, 0.25) is 5.91 Å². The van der Waals surface area contributed by atoms with E-state index in [1.807, 2.05) is 6.92 Å². The molecular weight excluding hydrogens is 534 g/mol. The van der Waals surface area contributed by atoms with Crippen LogP contribution in [0.4, 0.5) is 5.69 Å². The van der Waals surface area contributed by atoms with E-state index in [1.54, 1.807) is 14.2 Å². The highest BCUT2D eigenvalue weighted by atomic mass is 16.5. The summed E-state index contributed by atoms with van der Waals surface area (Å²) in [5.41, 5.74) is 10.3. The molecule has 0 spiro atoms. The SMILES string of the molecule is CC[C@H](C[C@H]1C[C@H](c2ccc(COCCOC)cc2)[C@@H](OCc2ccc3c(c2)N(CCCOC)CCO3)CN1)C(N)=O. The quantitative estimate of drug-likeness (QED) is 0.269. The third kappa shape index (κ3) is 9.15. The summed E-state index contributed by atoms with van der Waals surface area (Å²) in [6, 6.07) is 15.2. The molecule has 2 aliphatic heterocycles. The number of rotatable bonds is 17. The molecule has 2 aliphatic rings. The fourth-order valence-electron chi connectivity index (χ4n) is 5.94. The Morgan fingerprint density at radius 1 is 1.07 bits per heavy atom. The van der Waals surface area contributed by atoms with E-state index >= 15 is 0 Å². The van der Waals surface area contributed by atoms with Gasteiger partial charge in [-0.15, -0.1) is 0 Å². The van der Waals surface area contributed by atoms with Crippen molar-refractivity contribution in [3.05, 3.63) is 59.2 Å². The van der Waals surface area contributed by atoms with Crippen LogP contribution < -0.4 is 20.7 Å². The molecule has 0 aliphatic carbocycles. The van der Waals surface area contributed by atoms with E-state index in [9.17, 15) is 4.79 Å². The summed E-state index contributed by atoms with van der Waals surface area (Å²) in [6.45, 7) is 8.20. The van der Waals surface area contributed by atoms with Gasteiger partial charge in [0.25, 0.3) is 0 Å². The topological polar surface area (TPSA) is 105 Å². The van der Waals surface area contributed by atoms with Crippen molar-refractivity contribution >= 4 is 11.6 Å². The zero-order valence-electron chi connectivity index (χ0n) is 25.5. The molecular formula is C33H49N3O6. The van der Waals surface area contributed by atoms with Crippen LogP contribution in [0, 0.1) is 5.92 Å². The van der Waals surface area contributed by atoms with Gasteiger partial charge in [-0.25, -0.2) is 0 Å². The van der Waals surface area contributed by atoms with Crippen LogP contribution in [0.5, 0.6) is 5.75 Å². The maximum absolute atomic E-state index is 12.0. The van der Waals surface area contributed by atoms with Crippen molar-refractivity contribution in [2.45, 2.75) is 63.9 Å². The number of fused-ring (bicyclic) bond motifs is 1. The average molecular weight is 584 g/mol. The van der Waals surface area contributed by atoms with Crippen LogP contribution in [0.2, 0.25) is 0 Å². The van der Waals surface area contributed by atoms with Gasteiger partial charge in [-0.1, -0.05) is 37.3 Å². The number of methoxy groups -OCH3 is 2. The van der Waals surface area contributed by atoms with Crippen molar-refractivity contribution in [2.24, 2.45) is 11.7 Å². The predicted octanol–water partition coefficient (Wildman–Crippen LogP) is 4.02. The van der Waals surface area contributed by atoms with Gasteiger partial charge in [0, 0.05) is 51.8 Å². The number of benzene rings is 2. The first kappa shape index (κ1) is 32.2. The second kappa shape index (κ2) is 16.8. The molecule has 0 unspecified atom stereocenters. The Hall–Kier alpha value is -2.69. The summed E-state index contributed by atoms with van der Waals surface area (Å²) in [5.74, 6) is 0.766. The molecule has 4 atom stereocenters. The second-order valence-electron chi connectivity index (χ2n) is 11.3. The molecule has 4 rings (SSSR count). The Labute approximate surface area is 251 Å². The van der Waals surface area contributed by atoms with Gasteiger partial charge < -0.3 is 39.6 Å². The smallest absolute Gasteiger partial charge is 0.220 e. The number of amides is 1. The van der Waals surface area contributed by atoms with E-state index in [0.29, 0.717) is 39.6 Å². The van der Waals surface area contributed by atoms with Gasteiger partial charge in [-0.05, 0) is 54.5 Å². The molecule has 9 nitrogen and oxygen atoms in total. The molecule has 9 heteroatoms. The highest BCUT2D eigenvalue weighted by Gasteiger charge is 2.34. The number of nitrogens with one attached hydrogen (secondary N) is 1. The van der Waals surface area contributed by atoms with Crippen LogP contribution in [0.15, 0.2) is 42.5 Å². The summed E-state index contributed by atoms with van der Waals surface area (Å²) in [6.07, 6.45) is 3.33. The minimum atomic E-state index is -0.222. The molecule has 42 heavy (non-hydrogen) atoms. The minimum Gasteiger partial charge on any atom is -0.490 e. The molecule has 0 aromatic heterocycles. The van der Waals surface area contributed by atoms with Crippen LogP contribution in [0.1, 0.15) is 55.2 Å². The molecule has 3 N–H and O–H groups in total. The molecule has 2 aromatic carbocycles. The Kier molecular flexibility index (Phi) is 12.9. The number of carbonyl (C=O) groups excluding carboxylic acids is 1. The molecule has 0 radical (unpaired) electrons. The molecule has 1 amide bonds. The lowest BCUT2D eigenvalue weighted by atomic mass is 9.81. The maximum Gasteiger partial charge on any atom is 0.220 e. The largest absolute Gasteiger partial charge is 0.490 e. The number of nitrogens with two attached hydrogens (primary N) is 1. The summed E-state index contributed by atoms with van der Waals surface area (Å²) < 4.78 is 28.6. The van der Waals surface area contributed by atoms with E-state index in [2.05, 4.69) is 52.7 Å². The summed E-state index contributed by atoms with van der Waals surface area (Å²) in [5, 5.41) is 3.66. The number of ether oxygens (including phenoxy) is 5. The molecule has 0 saturated carbocycles. The van der Waals surface area contributed by atoms with Gasteiger partial charge in [-0.3, -0.25) is 4.79 Å². The van der Waals surface area contributed by atoms with Crippen LogP contribution in [0.3, 0.4) is 0 Å². The van der Waals surface area contributed by atoms with Crippen LogP contribution >= 0.6 is 0 Å². The van der Waals surface area contributed by atoms with Crippen molar-refractivity contribution in [1.29, 1.82) is 0 Å². The van der Waals surface area contributed by atoms with E-state index in [0.717, 1.165) is 67.9 Å². The fourth-order valence-corrected chi connectivity index (χ4v) is 5.94. The predicted molar refractivity (Wildman–Crippen MR) is 164 cm³/mol. The Morgan fingerprint density at radius 3 is 2.60 bits per heavy atom. The fraction of sp³-hybridized carbons (Fsp3) is 0.606. The van der Waals surface area contributed by atoms with Crippen molar-refractivity contribution in [3.8, 4) is 5.75 Å². The zero-order chi connectivity index (χ0) is 29.7. The molecule has 2 aromatic rings. The number of piperidine rings is 1. The van der Waals surface area contributed by atoms with Crippen LogP contribution in [-0.4, -0.2) is 78.3 Å². The molecule has 1 saturated heterocycles. The van der Waals surface area contributed by atoms with E-state index in [-0.39, 0.29) is 29.9 Å². The molecule has 0 bridgehead atoms. The highest BCUT2D eigenvalue weighted by molar-refractivity contribution is 5.76. The Balaban J connectivity index is 1.45. The number of carbonyl (C=O) groups is 1. The lowest BCUT2D eigenvalue weighted by Gasteiger charge is -2.38. The van der Waals surface area contributed by atoms with Crippen molar-refractivity contribution in [3.63, 3.8) is 0 Å². The molecule has 1 fully saturated rings. The lowest BCUT2D eigenvalue weighted by Crippen LogP contribution is -2.48. The van der Waals surface area contributed by atoms with Gasteiger partial charge in [-0.2, -0.15) is 0 Å². The number of hydrogen-bond donors (Lipinski definition) is 2. The van der Waals surface area contributed by atoms with Gasteiger partial charge >= 0.3 is 0 Å². The first-order valence-corrected chi connectivity index (χ1v) is 15.3. The lowest BCUT2D eigenvalue weighted by molar-refractivity contribution is -0.122. The van der Waals surface area contributed by atoms with E-state index in [1.165, 1.54) is 5.56 Å². The first-order valence-electron chi connectivity index (χ1n) is 15.3. The molecule has 232 valence electrons. The van der Waals surface area contributed by atoms with E-state index < -0.39 is 0 Å². The summed E-state index contributed by atoms with van der Waals surface area (Å²) in [7, 11) is 3.42. The monoisotopic (exact) mass is 583 g/mol. The number of hydrogen-bond acceptors (Lipinski definition) is 8. The Bertz CT molecular complexity index is 1100. The van der Waals surface area contributed by atoms with Crippen LogP contribution in [0.25, 0.3) is 0 Å². The number of nitrogens with zero attached hydrogens (tertiary/aromatic N) is 1. The third-order valence-electron chi connectivity index (χ3n) is 8.39. The number of anilines is 1. The van der Waals surface area contributed by atoms with Crippen molar-refractivity contribution < 1.29 is 28.5 Å². The normalized spacial score (nSPS) is 21.0.